The molecule has 38 heavy (non-hydrogen) atoms. The fourth-order valence-corrected chi connectivity index (χ4v) is 5.36. The summed E-state index contributed by atoms with van der Waals surface area (Å²) in [6.45, 7) is 5.40. The molecule has 202 valence electrons. The van der Waals surface area contributed by atoms with Crippen LogP contribution in [0.1, 0.15) is 37.8 Å². The lowest BCUT2D eigenvalue weighted by Gasteiger charge is -2.32. The molecule has 0 saturated carbocycles. The van der Waals surface area contributed by atoms with E-state index in [9.17, 15) is 22.4 Å². The Hall–Kier alpha value is -3.72. The maximum atomic E-state index is 13.8. The first-order chi connectivity index (χ1) is 18.1. The van der Waals surface area contributed by atoms with Crippen molar-refractivity contribution in [2.45, 2.75) is 51.1 Å². The van der Waals surface area contributed by atoms with Crippen molar-refractivity contribution in [1.82, 2.24) is 10.2 Å². The number of rotatable bonds is 12. The lowest BCUT2D eigenvalue weighted by molar-refractivity contribution is -0.139. The quantitative estimate of drug-likeness (QED) is 0.339. The number of unbranched alkanes of at least 4 members (excludes halogenated alkanes) is 1. The number of anilines is 1. The summed E-state index contributed by atoms with van der Waals surface area (Å²) in [6.07, 6.45) is 1.69. The van der Waals surface area contributed by atoms with Gasteiger partial charge in [-0.05, 0) is 67.8 Å². The number of nitrogens with one attached hydrogen (secondary N) is 1. The highest BCUT2D eigenvalue weighted by Gasteiger charge is 2.32. The lowest BCUT2D eigenvalue weighted by atomic mass is 10.1. The van der Waals surface area contributed by atoms with Crippen molar-refractivity contribution in [1.29, 1.82) is 0 Å². The van der Waals surface area contributed by atoms with Gasteiger partial charge < -0.3 is 10.2 Å². The summed E-state index contributed by atoms with van der Waals surface area (Å²) in [6, 6.07) is 19.5. The third-order valence-corrected chi connectivity index (χ3v) is 7.95. The van der Waals surface area contributed by atoms with E-state index in [4.69, 9.17) is 0 Å². The zero-order valence-electron chi connectivity index (χ0n) is 21.9. The molecule has 3 aromatic carbocycles. The topological polar surface area (TPSA) is 86.8 Å². The van der Waals surface area contributed by atoms with Gasteiger partial charge in [0, 0.05) is 13.1 Å². The largest absolute Gasteiger partial charge is 0.354 e. The predicted molar refractivity (Wildman–Crippen MR) is 146 cm³/mol. The first kappa shape index (κ1) is 28.8. The molecule has 1 atom stereocenters. The maximum Gasteiger partial charge on any atom is 0.264 e. The number of carbonyl (C=O) groups is 2. The van der Waals surface area contributed by atoms with Crippen molar-refractivity contribution in [2.75, 3.05) is 17.4 Å². The summed E-state index contributed by atoms with van der Waals surface area (Å²) in [5.74, 6) is -1.33. The number of amides is 2. The van der Waals surface area contributed by atoms with Gasteiger partial charge in [0.05, 0.1) is 10.6 Å². The number of nitrogens with zero attached hydrogens (tertiary/aromatic N) is 2. The first-order valence-electron chi connectivity index (χ1n) is 12.6. The number of carbonyl (C=O) groups excluding carboxylic acids is 2. The van der Waals surface area contributed by atoms with Gasteiger partial charge in [-0.15, -0.1) is 0 Å². The van der Waals surface area contributed by atoms with Crippen molar-refractivity contribution < 1.29 is 22.4 Å². The molecular weight excluding hydrogens is 505 g/mol. The molecule has 0 fully saturated rings. The minimum Gasteiger partial charge on any atom is -0.354 e. The molecule has 0 heterocycles. The van der Waals surface area contributed by atoms with Crippen LogP contribution in [0.25, 0.3) is 0 Å². The second kappa shape index (κ2) is 13.2. The van der Waals surface area contributed by atoms with Gasteiger partial charge in [0.15, 0.2) is 0 Å². The van der Waals surface area contributed by atoms with Gasteiger partial charge >= 0.3 is 0 Å². The average Bonchev–Trinajstić information content (AvgIpc) is 2.91. The molecule has 1 N–H and O–H groups in total. The van der Waals surface area contributed by atoms with E-state index in [2.05, 4.69) is 5.32 Å². The molecule has 0 aliphatic rings. The van der Waals surface area contributed by atoms with E-state index < -0.39 is 34.3 Å². The molecular formula is C29H34FN3O4S. The Morgan fingerprint density at radius 3 is 2.29 bits per heavy atom. The summed E-state index contributed by atoms with van der Waals surface area (Å²) in [7, 11) is -4.11. The van der Waals surface area contributed by atoms with Crippen LogP contribution in [-0.4, -0.2) is 44.3 Å². The summed E-state index contributed by atoms with van der Waals surface area (Å²) in [5, 5.41) is 2.84. The normalized spacial score (nSPS) is 12.0. The van der Waals surface area contributed by atoms with E-state index >= 15 is 0 Å². The summed E-state index contributed by atoms with van der Waals surface area (Å²) in [4.78, 5) is 28.1. The highest BCUT2D eigenvalue weighted by Crippen LogP contribution is 2.25. The zero-order chi connectivity index (χ0) is 27.7. The Labute approximate surface area is 224 Å². The first-order valence-corrected chi connectivity index (χ1v) is 14.0. The van der Waals surface area contributed by atoms with Crippen molar-refractivity contribution >= 4 is 27.5 Å². The van der Waals surface area contributed by atoms with Gasteiger partial charge in [-0.25, -0.2) is 12.8 Å². The summed E-state index contributed by atoms with van der Waals surface area (Å²) in [5.41, 5.74) is 1.78. The number of sulfonamides is 1. The minimum absolute atomic E-state index is 0.00845. The van der Waals surface area contributed by atoms with Gasteiger partial charge in [-0.1, -0.05) is 55.8 Å². The Bertz CT molecular complexity index is 1330. The third kappa shape index (κ3) is 7.41. The second-order valence-electron chi connectivity index (χ2n) is 9.13. The summed E-state index contributed by atoms with van der Waals surface area (Å²) >= 11 is 0. The van der Waals surface area contributed by atoms with Crippen LogP contribution < -0.4 is 9.62 Å². The maximum absolute atomic E-state index is 13.8. The Kier molecular flexibility index (Phi) is 10.0. The molecule has 0 aromatic heterocycles. The highest BCUT2D eigenvalue weighted by atomic mass is 32.2. The van der Waals surface area contributed by atoms with Crippen LogP contribution in [0.3, 0.4) is 0 Å². The van der Waals surface area contributed by atoms with Gasteiger partial charge in [0.25, 0.3) is 10.0 Å². The van der Waals surface area contributed by atoms with E-state index in [1.54, 1.807) is 43.3 Å². The standard InChI is InChI=1S/C29H34FN3O4S/c1-4-5-18-31-29(35)23(3)32(20-24-14-16-25(30)17-15-24)28(34)21-33(26-11-9-10-22(2)19-26)38(36,37)27-12-7-6-8-13-27/h6-17,19,23H,4-5,18,20-21H2,1-3H3,(H,31,35)/t23-/m1/s1. The molecule has 9 heteroatoms. The van der Waals surface area contributed by atoms with Gasteiger partial charge in [0.2, 0.25) is 11.8 Å². The van der Waals surface area contributed by atoms with Crippen LogP contribution in [0.15, 0.2) is 83.8 Å². The Morgan fingerprint density at radius 2 is 1.66 bits per heavy atom. The molecule has 2 amide bonds. The molecule has 0 unspecified atom stereocenters. The fraction of sp³-hybridized carbons (Fsp3) is 0.310. The van der Waals surface area contributed by atoms with E-state index in [0.29, 0.717) is 17.8 Å². The lowest BCUT2D eigenvalue weighted by Crippen LogP contribution is -2.51. The Balaban J connectivity index is 1.98. The monoisotopic (exact) mass is 539 g/mol. The smallest absolute Gasteiger partial charge is 0.264 e. The molecule has 3 rings (SSSR count). The van der Waals surface area contributed by atoms with Gasteiger partial charge in [0.1, 0.15) is 18.4 Å². The van der Waals surface area contributed by atoms with Crippen LogP contribution in [0.4, 0.5) is 10.1 Å². The van der Waals surface area contributed by atoms with Crippen LogP contribution in [0.5, 0.6) is 0 Å². The molecule has 0 saturated heterocycles. The second-order valence-corrected chi connectivity index (χ2v) is 11.0. The highest BCUT2D eigenvalue weighted by molar-refractivity contribution is 7.92. The van der Waals surface area contributed by atoms with E-state index in [0.717, 1.165) is 22.7 Å². The molecule has 0 aliphatic carbocycles. The van der Waals surface area contributed by atoms with Crippen LogP contribution >= 0.6 is 0 Å². The number of hydrogen-bond acceptors (Lipinski definition) is 4. The van der Waals surface area contributed by atoms with Crippen LogP contribution in [-0.2, 0) is 26.2 Å². The average molecular weight is 540 g/mol. The molecule has 3 aromatic rings. The SMILES string of the molecule is CCCCNC(=O)[C@@H](C)N(Cc1ccc(F)cc1)C(=O)CN(c1cccc(C)c1)S(=O)(=O)c1ccccc1. The summed E-state index contributed by atoms with van der Waals surface area (Å²) < 4.78 is 42.0. The molecule has 0 spiro atoms. The number of benzene rings is 3. The van der Waals surface area contributed by atoms with E-state index in [1.165, 1.54) is 41.3 Å². The Morgan fingerprint density at radius 1 is 0.974 bits per heavy atom. The predicted octanol–water partition coefficient (Wildman–Crippen LogP) is 4.66. The molecule has 0 aliphatic heterocycles. The van der Waals surface area contributed by atoms with E-state index in [1.807, 2.05) is 19.9 Å². The van der Waals surface area contributed by atoms with Crippen molar-refractivity contribution in [3.05, 3.63) is 95.8 Å². The van der Waals surface area contributed by atoms with Crippen molar-refractivity contribution in [2.24, 2.45) is 0 Å². The van der Waals surface area contributed by atoms with Crippen LogP contribution in [0.2, 0.25) is 0 Å². The van der Waals surface area contributed by atoms with Gasteiger partial charge in [-0.2, -0.15) is 0 Å². The van der Waals surface area contributed by atoms with E-state index in [-0.39, 0.29) is 17.3 Å². The number of hydrogen-bond donors (Lipinski definition) is 1. The van der Waals surface area contributed by atoms with Gasteiger partial charge in [-0.3, -0.25) is 13.9 Å². The van der Waals surface area contributed by atoms with Crippen molar-refractivity contribution in [3.63, 3.8) is 0 Å². The third-order valence-electron chi connectivity index (χ3n) is 6.16. The molecule has 0 radical (unpaired) electrons. The number of halogens is 1. The fourth-order valence-electron chi connectivity index (χ4n) is 3.94. The van der Waals surface area contributed by atoms with Crippen molar-refractivity contribution in [3.8, 4) is 0 Å². The minimum atomic E-state index is -4.11. The molecule has 7 nitrogen and oxygen atoms in total. The van der Waals surface area contributed by atoms with Crippen LogP contribution in [0, 0.1) is 12.7 Å². The zero-order valence-corrected chi connectivity index (χ0v) is 22.7. The number of aryl methyl sites for hydroxylation is 1. The molecule has 0 bridgehead atoms.